The minimum absolute atomic E-state index is 1.11. The maximum absolute atomic E-state index is 3.18. The summed E-state index contributed by atoms with van der Waals surface area (Å²) in [5.41, 5.74) is 0. The lowest BCUT2D eigenvalue weighted by molar-refractivity contribution is 0.283. The highest BCUT2D eigenvalue weighted by Crippen LogP contribution is 1.97. The fraction of sp³-hybridized carbons (Fsp3) is 1.00. The number of likely N-dealkylation sites (N-methyl/N-ethyl adjacent to an activating group) is 2. The van der Waals surface area contributed by atoms with Crippen molar-refractivity contribution < 1.29 is 0 Å². The Morgan fingerprint density at radius 3 is 2.33 bits per heavy atom. The van der Waals surface area contributed by atoms with Crippen LogP contribution in [-0.2, 0) is 0 Å². The molecule has 0 amide bonds. The van der Waals surface area contributed by atoms with Crippen molar-refractivity contribution in [3.8, 4) is 0 Å². The quantitative estimate of drug-likeness (QED) is 0.561. The standard InChI is InChI=1S/C10H24N2/c1-4-6-7-9-12(5-2)10-8-11-3/h11H,4-10H2,1-3H3. The number of rotatable bonds is 8. The molecular weight excluding hydrogens is 148 g/mol. The van der Waals surface area contributed by atoms with Crippen molar-refractivity contribution in [2.45, 2.75) is 33.1 Å². The summed E-state index contributed by atoms with van der Waals surface area (Å²) in [4.78, 5) is 2.51. The fourth-order valence-corrected chi connectivity index (χ4v) is 1.28. The molecule has 0 aliphatic carbocycles. The van der Waals surface area contributed by atoms with Crippen LogP contribution in [0.4, 0.5) is 0 Å². The van der Waals surface area contributed by atoms with E-state index >= 15 is 0 Å². The van der Waals surface area contributed by atoms with Gasteiger partial charge in [0.25, 0.3) is 0 Å². The zero-order chi connectivity index (χ0) is 9.23. The summed E-state index contributed by atoms with van der Waals surface area (Å²) in [5, 5.41) is 3.18. The number of nitrogens with zero attached hydrogens (tertiary/aromatic N) is 1. The summed E-state index contributed by atoms with van der Waals surface area (Å²) in [6.45, 7) is 9.25. The van der Waals surface area contributed by atoms with Crippen molar-refractivity contribution in [2.75, 3.05) is 33.2 Å². The number of nitrogens with one attached hydrogen (secondary N) is 1. The summed E-state index contributed by atoms with van der Waals surface area (Å²) < 4.78 is 0. The zero-order valence-corrected chi connectivity index (χ0v) is 8.90. The first-order chi connectivity index (χ1) is 5.85. The molecule has 0 spiro atoms. The molecule has 74 valence electrons. The smallest absolute Gasteiger partial charge is 0.0107 e. The monoisotopic (exact) mass is 172 g/mol. The molecule has 0 aromatic carbocycles. The second-order valence-electron chi connectivity index (χ2n) is 3.24. The lowest BCUT2D eigenvalue weighted by atomic mass is 10.2. The fourth-order valence-electron chi connectivity index (χ4n) is 1.28. The average Bonchev–Trinajstić information content (AvgIpc) is 2.11. The molecule has 0 fully saturated rings. The molecule has 0 aliphatic heterocycles. The van der Waals surface area contributed by atoms with E-state index in [1.54, 1.807) is 0 Å². The van der Waals surface area contributed by atoms with Crippen LogP contribution in [0.3, 0.4) is 0 Å². The number of unbranched alkanes of at least 4 members (excludes halogenated alkanes) is 2. The van der Waals surface area contributed by atoms with Gasteiger partial charge in [-0.1, -0.05) is 26.7 Å². The molecular formula is C10H24N2. The Balaban J connectivity index is 3.26. The highest BCUT2D eigenvalue weighted by molar-refractivity contribution is 4.56. The van der Waals surface area contributed by atoms with E-state index in [-0.39, 0.29) is 0 Å². The lowest BCUT2D eigenvalue weighted by Gasteiger charge is -2.19. The molecule has 2 heteroatoms. The number of hydrogen-bond donors (Lipinski definition) is 1. The van der Waals surface area contributed by atoms with E-state index in [2.05, 4.69) is 24.1 Å². The van der Waals surface area contributed by atoms with Crippen LogP contribution in [0.15, 0.2) is 0 Å². The van der Waals surface area contributed by atoms with Crippen LogP contribution in [0.5, 0.6) is 0 Å². The number of hydrogen-bond acceptors (Lipinski definition) is 2. The van der Waals surface area contributed by atoms with Gasteiger partial charge in [-0.05, 0) is 26.6 Å². The predicted octanol–water partition coefficient (Wildman–Crippen LogP) is 1.72. The maximum atomic E-state index is 3.18. The van der Waals surface area contributed by atoms with Crippen LogP contribution in [0.2, 0.25) is 0 Å². The molecule has 0 bridgehead atoms. The second kappa shape index (κ2) is 9.01. The van der Waals surface area contributed by atoms with E-state index in [1.165, 1.54) is 38.9 Å². The van der Waals surface area contributed by atoms with Gasteiger partial charge in [-0.3, -0.25) is 0 Å². The van der Waals surface area contributed by atoms with Gasteiger partial charge in [-0.2, -0.15) is 0 Å². The van der Waals surface area contributed by atoms with Crippen LogP contribution in [0, 0.1) is 0 Å². The molecule has 2 nitrogen and oxygen atoms in total. The SMILES string of the molecule is CCCCCN(CC)CCNC. The lowest BCUT2D eigenvalue weighted by Crippen LogP contribution is -2.31. The Labute approximate surface area is 77.3 Å². The Morgan fingerprint density at radius 1 is 1.08 bits per heavy atom. The molecule has 0 rings (SSSR count). The minimum Gasteiger partial charge on any atom is -0.318 e. The van der Waals surface area contributed by atoms with Crippen LogP contribution in [-0.4, -0.2) is 38.1 Å². The summed E-state index contributed by atoms with van der Waals surface area (Å²) in [7, 11) is 2.01. The van der Waals surface area contributed by atoms with Crippen molar-refractivity contribution in [2.24, 2.45) is 0 Å². The zero-order valence-electron chi connectivity index (χ0n) is 8.90. The topological polar surface area (TPSA) is 15.3 Å². The van der Waals surface area contributed by atoms with E-state index in [4.69, 9.17) is 0 Å². The van der Waals surface area contributed by atoms with Crippen molar-refractivity contribution >= 4 is 0 Å². The van der Waals surface area contributed by atoms with Gasteiger partial charge in [0.1, 0.15) is 0 Å². The van der Waals surface area contributed by atoms with Gasteiger partial charge in [-0.25, -0.2) is 0 Å². The van der Waals surface area contributed by atoms with Crippen LogP contribution >= 0.6 is 0 Å². The molecule has 0 saturated heterocycles. The van der Waals surface area contributed by atoms with Gasteiger partial charge in [-0.15, -0.1) is 0 Å². The normalized spacial score (nSPS) is 11.0. The Bertz CT molecular complexity index is 83.9. The largest absolute Gasteiger partial charge is 0.318 e. The van der Waals surface area contributed by atoms with E-state index < -0.39 is 0 Å². The Morgan fingerprint density at radius 2 is 1.83 bits per heavy atom. The van der Waals surface area contributed by atoms with Crippen molar-refractivity contribution in [3.63, 3.8) is 0 Å². The third-order valence-electron chi connectivity index (χ3n) is 2.20. The maximum Gasteiger partial charge on any atom is 0.0107 e. The molecule has 0 radical (unpaired) electrons. The first kappa shape index (κ1) is 11.9. The molecule has 12 heavy (non-hydrogen) atoms. The molecule has 0 saturated carbocycles. The average molecular weight is 172 g/mol. The molecule has 0 aliphatic rings. The molecule has 0 atom stereocenters. The summed E-state index contributed by atoms with van der Waals surface area (Å²) in [6, 6.07) is 0. The molecule has 0 heterocycles. The molecule has 0 aromatic heterocycles. The first-order valence-corrected chi connectivity index (χ1v) is 5.22. The van der Waals surface area contributed by atoms with E-state index in [1.807, 2.05) is 7.05 Å². The van der Waals surface area contributed by atoms with Gasteiger partial charge in [0.15, 0.2) is 0 Å². The van der Waals surface area contributed by atoms with Crippen molar-refractivity contribution in [1.29, 1.82) is 0 Å². The van der Waals surface area contributed by atoms with E-state index in [0.29, 0.717) is 0 Å². The first-order valence-electron chi connectivity index (χ1n) is 5.22. The third kappa shape index (κ3) is 6.62. The van der Waals surface area contributed by atoms with Gasteiger partial charge in [0.2, 0.25) is 0 Å². The van der Waals surface area contributed by atoms with Crippen LogP contribution in [0.25, 0.3) is 0 Å². The van der Waals surface area contributed by atoms with Gasteiger partial charge < -0.3 is 10.2 Å². The predicted molar refractivity (Wildman–Crippen MR) is 55.6 cm³/mol. The highest BCUT2D eigenvalue weighted by atomic mass is 15.1. The van der Waals surface area contributed by atoms with Gasteiger partial charge in [0.05, 0.1) is 0 Å². The Hall–Kier alpha value is -0.0800. The second-order valence-corrected chi connectivity index (χ2v) is 3.24. The van der Waals surface area contributed by atoms with Gasteiger partial charge >= 0.3 is 0 Å². The van der Waals surface area contributed by atoms with Gasteiger partial charge in [0, 0.05) is 13.1 Å². The Kier molecular flexibility index (Phi) is 8.95. The highest BCUT2D eigenvalue weighted by Gasteiger charge is 1.99. The molecule has 1 N–H and O–H groups in total. The van der Waals surface area contributed by atoms with Crippen LogP contribution < -0.4 is 5.32 Å². The van der Waals surface area contributed by atoms with E-state index in [9.17, 15) is 0 Å². The van der Waals surface area contributed by atoms with Crippen LogP contribution in [0.1, 0.15) is 33.1 Å². The molecule has 0 aromatic rings. The summed E-state index contributed by atoms with van der Waals surface area (Å²) in [5.74, 6) is 0. The van der Waals surface area contributed by atoms with Crippen molar-refractivity contribution in [1.82, 2.24) is 10.2 Å². The molecule has 0 unspecified atom stereocenters. The summed E-state index contributed by atoms with van der Waals surface area (Å²) >= 11 is 0. The summed E-state index contributed by atoms with van der Waals surface area (Å²) in [6.07, 6.45) is 4.05. The van der Waals surface area contributed by atoms with Crippen molar-refractivity contribution in [3.05, 3.63) is 0 Å². The third-order valence-corrected chi connectivity index (χ3v) is 2.20. The minimum atomic E-state index is 1.11. The van der Waals surface area contributed by atoms with E-state index in [0.717, 1.165) is 6.54 Å².